The second-order valence-corrected chi connectivity index (χ2v) is 36.6. The largest absolute Gasteiger partial charge is 0.416 e. The normalized spacial score (nSPS) is 11.5. The van der Waals surface area contributed by atoms with Gasteiger partial charge in [0.25, 0.3) is 0 Å². The van der Waals surface area contributed by atoms with E-state index in [0.717, 1.165) is 178 Å². The predicted molar refractivity (Wildman–Crippen MR) is 594 cm³/mol. The van der Waals surface area contributed by atoms with E-state index in [2.05, 4.69) is 415 Å². The van der Waals surface area contributed by atoms with E-state index in [0.29, 0.717) is 35.3 Å². The molecule has 28 aromatic rings. The summed E-state index contributed by atoms with van der Waals surface area (Å²) in [5, 5.41) is 31.6. The fraction of sp³-hybridized carbons (Fsp3) is 0. The van der Waals surface area contributed by atoms with Crippen molar-refractivity contribution in [2.24, 2.45) is 0 Å². The van der Waals surface area contributed by atoms with Crippen LogP contribution < -0.4 is 19.3 Å². The second-order valence-electron chi connectivity index (χ2n) is 36.6. The van der Waals surface area contributed by atoms with E-state index in [1.165, 1.54) is 43.6 Å². The SMILES string of the molecule is c1ccc(-c2nnc(-c3cccc(-c4c5ccccc5c(-c5cccc(-c6nc[n+](-c7ccccc7)o6)c5)c5c(N(c6ccccc6)c6ccc(-n7c8ccccc8c8ccccc87)cc6)cccc45)c3)o2)cc1.c1ccc(-c2nnc(-c3cccc(-c4c5ccccc5c(-c5cccc(-c6nc[n+](-c7ccccc7)o6)c5)c5cc(N(c6ccccc6)c6ccc(-n7c8ccccc8c8ccccc87)cc6)ccc45)c3)o2)cc1. The monoisotopic (exact) mass is 1900 g/mol. The second kappa shape index (κ2) is 37.3. The Bertz CT molecular complexity index is 9630. The number of anilines is 6. The van der Waals surface area contributed by atoms with Crippen LogP contribution in [0.4, 0.5) is 34.1 Å². The fourth-order valence-corrected chi connectivity index (χ4v) is 21.3. The van der Waals surface area contributed by atoms with Gasteiger partial charge in [0.05, 0.1) is 38.9 Å². The highest BCUT2D eigenvalue weighted by Crippen LogP contribution is 2.53. The molecule has 0 aliphatic rings. The molecule has 28 rings (SSSR count). The molecule has 148 heavy (non-hydrogen) atoms. The van der Waals surface area contributed by atoms with Gasteiger partial charge in [0.15, 0.2) is 11.4 Å². The number of benzene rings is 22. The fourth-order valence-electron chi connectivity index (χ4n) is 21.3. The number of aromatic nitrogens is 10. The van der Waals surface area contributed by atoms with Crippen molar-refractivity contribution in [2.75, 3.05) is 9.80 Å². The van der Waals surface area contributed by atoms with E-state index in [9.17, 15) is 0 Å². The Balaban J connectivity index is 0.000000146. The van der Waals surface area contributed by atoms with Gasteiger partial charge in [-0.25, -0.2) is 9.05 Å². The maximum atomic E-state index is 6.41. The Morgan fingerprint density at radius 2 is 0.466 bits per heavy atom. The van der Waals surface area contributed by atoms with Gasteiger partial charge in [0, 0.05) is 89.0 Å². The van der Waals surface area contributed by atoms with Gasteiger partial charge >= 0.3 is 24.4 Å². The number of nitrogens with zero attached hydrogens (tertiary/aromatic N) is 12. The number of fused-ring (bicyclic) bond motifs is 10. The Morgan fingerprint density at radius 3 is 0.878 bits per heavy atom. The molecule has 0 spiro atoms. The van der Waals surface area contributed by atoms with Crippen LogP contribution in [0.3, 0.4) is 0 Å². The molecule has 0 aliphatic carbocycles. The van der Waals surface area contributed by atoms with Crippen LogP contribution in [0.15, 0.2) is 540 Å². The van der Waals surface area contributed by atoms with Crippen molar-refractivity contribution in [3.05, 3.63) is 522 Å². The highest BCUT2D eigenvalue weighted by atomic mass is 16.5. The topological polar surface area (TPSA) is 154 Å². The molecular formula is C132H86N12O4+2. The van der Waals surface area contributed by atoms with Gasteiger partial charge in [-0.05, 0) is 314 Å². The molecule has 0 aliphatic heterocycles. The van der Waals surface area contributed by atoms with E-state index in [4.69, 9.17) is 27.8 Å². The molecule has 0 radical (unpaired) electrons. The molecule has 0 amide bonds. The van der Waals surface area contributed by atoms with Gasteiger partial charge in [0.1, 0.15) is 0 Å². The van der Waals surface area contributed by atoms with Crippen LogP contribution in [-0.2, 0) is 0 Å². The molecule has 0 atom stereocenters. The van der Waals surface area contributed by atoms with Gasteiger partial charge in [-0.1, -0.05) is 297 Å². The zero-order valence-corrected chi connectivity index (χ0v) is 79.7. The van der Waals surface area contributed by atoms with Crippen molar-refractivity contribution in [1.82, 2.24) is 39.5 Å². The third kappa shape index (κ3) is 15.7. The molecule has 6 heterocycles. The Hall–Kier alpha value is -20.4. The number of para-hydroxylation sites is 8. The summed E-state index contributed by atoms with van der Waals surface area (Å²) in [7, 11) is 0. The first-order valence-corrected chi connectivity index (χ1v) is 49.3. The summed E-state index contributed by atoms with van der Waals surface area (Å²) in [6, 6.07) is 178. The quantitative estimate of drug-likeness (QED) is 0.0527. The summed E-state index contributed by atoms with van der Waals surface area (Å²) >= 11 is 0. The summed E-state index contributed by atoms with van der Waals surface area (Å²) in [6.07, 6.45) is 3.45. The summed E-state index contributed by atoms with van der Waals surface area (Å²) < 4.78 is 33.6. The first kappa shape index (κ1) is 86.7. The van der Waals surface area contributed by atoms with Crippen LogP contribution in [0.5, 0.6) is 0 Å². The van der Waals surface area contributed by atoms with Crippen LogP contribution in [0.2, 0.25) is 0 Å². The summed E-state index contributed by atoms with van der Waals surface area (Å²) in [5.41, 5.74) is 28.4. The Labute approximate surface area is 850 Å². The zero-order chi connectivity index (χ0) is 97.9. The number of hydrogen-bond acceptors (Lipinski definition) is 12. The molecular weight excluding hydrogens is 1820 g/mol. The number of rotatable bonds is 20. The average molecular weight is 1900 g/mol. The smallest absolute Gasteiger partial charge is 0.384 e. The standard InChI is InChI=1S/2C66H43N6O2/c1-4-19-44(20-5-1)65-68-69-66(73-65)48-24-16-21-45(41-48)61-55-31-10-11-32-56(55)62(46-22-17-23-47(42-46)64-67-43-70(74-64)49-25-6-2-7-26-49)63-57(61)33-18-36-60(63)71(50-27-8-3-9-28-50)51-37-39-52(40-38-51)72-58-34-14-12-29-53(58)54-30-13-15-35-59(54)72;1-4-18-44(19-5-1)65-68-69-66(73-65)48-23-17-20-45(41-48)62-56-30-10-11-31-57(56)63(46-21-16-22-47(40-46)64-67-43-70(74-64)49-24-6-2-7-25-49)59-42-53(38-39-58(59)62)71(50-26-8-3-9-27-50)51-34-36-52(37-35-51)72-60-32-14-12-28-54(60)55-29-13-15-33-61(55)72/h2*1-43H/q2*+1. The zero-order valence-electron chi connectivity index (χ0n) is 79.7. The summed E-state index contributed by atoms with van der Waals surface area (Å²) in [4.78, 5) is 14.3. The van der Waals surface area contributed by atoms with Gasteiger partial charge in [-0.15, -0.1) is 20.4 Å². The Kier molecular flexibility index (Phi) is 21.8. The van der Waals surface area contributed by atoms with Crippen molar-refractivity contribution >= 4 is 121 Å². The lowest BCUT2D eigenvalue weighted by atomic mass is 9.84. The van der Waals surface area contributed by atoms with Gasteiger partial charge in [0.2, 0.25) is 23.6 Å². The lowest BCUT2D eigenvalue weighted by Gasteiger charge is -2.29. The highest BCUT2D eigenvalue weighted by molar-refractivity contribution is 6.26. The number of hydrogen-bond donors (Lipinski definition) is 0. The van der Waals surface area contributed by atoms with Crippen molar-refractivity contribution in [3.63, 3.8) is 0 Å². The molecule has 0 fully saturated rings. The van der Waals surface area contributed by atoms with Crippen LogP contribution in [-0.4, -0.2) is 39.5 Å². The molecule has 16 heteroatoms. The van der Waals surface area contributed by atoms with Crippen molar-refractivity contribution in [3.8, 4) is 136 Å². The maximum absolute atomic E-state index is 6.41. The van der Waals surface area contributed by atoms with E-state index in [1.54, 1.807) is 22.1 Å². The average Bonchev–Trinajstić information content (AvgIpc) is 0.882. The molecule has 0 unspecified atom stereocenters. The third-order valence-corrected chi connectivity index (χ3v) is 27.9. The van der Waals surface area contributed by atoms with Crippen molar-refractivity contribution in [1.29, 1.82) is 0 Å². The van der Waals surface area contributed by atoms with E-state index < -0.39 is 0 Å². The molecule has 16 nitrogen and oxygen atoms in total. The molecule has 6 aromatic heterocycles. The molecule has 0 N–H and O–H groups in total. The minimum atomic E-state index is 0.452. The molecule has 0 saturated carbocycles. The minimum Gasteiger partial charge on any atom is -0.416 e. The Morgan fingerprint density at radius 1 is 0.189 bits per heavy atom. The van der Waals surface area contributed by atoms with Crippen LogP contribution in [0.25, 0.3) is 223 Å². The van der Waals surface area contributed by atoms with Crippen molar-refractivity contribution in [2.45, 2.75) is 0 Å². The lowest BCUT2D eigenvalue weighted by molar-refractivity contribution is -0.783. The van der Waals surface area contributed by atoms with E-state index in [-0.39, 0.29) is 0 Å². The molecule has 22 aromatic carbocycles. The first-order chi connectivity index (χ1) is 73.4. The molecule has 696 valence electrons. The van der Waals surface area contributed by atoms with Crippen LogP contribution >= 0.6 is 0 Å². The lowest BCUT2D eigenvalue weighted by Crippen LogP contribution is -2.26. The predicted octanol–water partition coefficient (Wildman–Crippen LogP) is 33.1. The van der Waals surface area contributed by atoms with Crippen LogP contribution in [0.1, 0.15) is 0 Å². The maximum Gasteiger partial charge on any atom is 0.384 e. The van der Waals surface area contributed by atoms with Crippen LogP contribution in [0, 0.1) is 0 Å². The van der Waals surface area contributed by atoms with Gasteiger partial charge < -0.3 is 27.8 Å². The van der Waals surface area contributed by atoms with Gasteiger partial charge in [-0.3, -0.25) is 0 Å². The van der Waals surface area contributed by atoms with Crippen molar-refractivity contribution < 1.29 is 27.4 Å². The van der Waals surface area contributed by atoms with Gasteiger partial charge in [-0.2, -0.15) is 0 Å². The van der Waals surface area contributed by atoms with E-state index in [1.807, 2.05) is 133 Å². The minimum absolute atomic E-state index is 0.452. The summed E-state index contributed by atoms with van der Waals surface area (Å²) in [5.74, 6) is 2.90. The summed E-state index contributed by atoms with van der Waals surface area (Å²) in [6.45, 7) is 0. The van der Waals surface area contributed by atoms with E-state index >= 15 is 0 Å². The third-order valence-electron chi connectivity index (χ3n) is 27.9. The molecule has 0 saturated heterocycles. The molecule has 0 bridgehead atoms. The first-order valence-electron chi connectivity index (χ1n) is 49.3. The highest BCUT2D eigenvalue weighted by Gasteiger charge is 2.30.